The van der Waals surface area contributed by atoms with Crippen LogP contribution in [0.5, 0.6) is 0 Å². The quantitative estimate of drug-likeness (QED) is 0.573. The molecule has 0 aliphatic heterocycles. The molecule has 0 amide bonds. The van der Waals surface area contributed by atoms with Crippen LogP contribution < -0.4 is 5.46 Å². The molecule has 1 aromatic carbocycles. The number of rotatable bonds is 2. The predicted octanol–water partition coefficient (Wildman–Crippen LogP) is 0.218. The minimum atomic E-state index is 0.143. The zero-order chi connectivity index (χ0) is 7.40. The molecule has 52 valence electrons. The van der Waals surface area contributed by atoms with Crippen LogP contribution in [0, 0.1) is 0 Å². The largest absolute Gasteiger partial charge is 0.449 e. The highest BCUT2D eigenvalue weighted by molar-refractivity contribution is 6.45. The van der Waals surface area contributed by atoms with Crippen molar-refractivity contribution in [3.8, 4) is 0 Å². The summed E-state index contributed by atoms with van der Waals surface area (Å²) >= 11 is 0. The summed E-state index contributed by atoms with van der Waals surface area (Å²) in [6, 6.07) is 8.01. The van der Waals surface area contributed by atoms with Crippen molar-refractivity contribution in [2.75, 3.05) is 0 Å². The fourth-order valence-corrected chi connectivity index (χ4v) is 0.880. The average molecular weight is 134 g/mol. The molecule has 1 nitrogen and oxygen atoms in total. The van der Waals surface area contributed by atoms with Crippen molar-refractivity contribution >= 4 is 12.9 Å². The van der Waals surface area contributed by atoms with Gasteiger partial charge < -0.3 is 5.02 Å². The van der Waals surface area contributed by atoms with Crippen LogP contribution in [-0.2, 0) is 6.42 Å². The first-order valence-electron chi connectivity index (χ1n) is 3.55. The maximum atomic E-state index is 8.70. The van der Waals surface area contributed by atoms with Crippen LogP contribution in [0.4, 0.5) is 0 Å². The molecule has 0 saturated carbocycles. The molecule has 0 atom stereocenters. The summed E-state index contributed by atoms with van der Waals surface area (Å²) in [7, 11) is 0.143. The zero-order valence-electron chi connectivity index (χ0n) is 6.17. The molecule has 0 saturated heterocycles. The molecule has 2 heteroatoms. The molecule has 0 bridgehead atoms. The van der Waals surface area contributed by atoms with Crippen molar-refractivity contribution in [2.24, 2.45) is 0 Å². The Morgan fingerprint density at radius 2 is 1.90 bits per heavy atom. The van der Waals surface area contributed by atoms with Crippen molar-refractivity contribution in [3.05, 3.63) is 29.8 Å². The molecular weight excluding hydrogens is 123 g/mol. The van der Waals surface area contributed by atoms with Gasteiger partial charge in [-0.15, -0.1) is 0 Å². The topological polar surface area (TPSA) is 20.2 Å². The maximum absolute atomic E-state index is 8.70. The molecule has 1 rings (SSSR count). The zero-order valence-corrected chi connectivity index (χ0v) is 6.17. The van der Waals surface area contributed by atoms with Crippen LogP contribution in [0.15, 0.2) is 24.3 Å². The van der Waals surface area contributed by atoms with E-state index in [4.69, 9.17) is 5.02 Å². The van der Waals surface area contributed by atoms with E-state index < -0.39 is 0 Å². The van der Waals surface area contributed by atoms with E-state index in [1.54, 1.807) is 0 Å². The number of aryl methyl sites for hydroxylation is 1. The van der Waals surface area contributed by atoms with Crippen LogP contribution in [0.2, 0.25) is 0 Å². The first-order chi connectivity index (χ1) is 4.86. The molecule has 0 unspecified atom stereocenters. The van der Waals surface area contributed by atoms with Crippen molar-refractivity contribution < 1.29 is 5.02 Å². The highest BCUT2D eigenvalue weighted by Crippen LogP contribution is 1.95. The molecule has 0 fully saturated rings. The molecule has 0 aromatic heterocycles. The van der Waals surface area contributed by atoms with Gasteiger partial charge in [0.15, 0.2) is 0 Å². The Morgan fingerprint density at radius 1 is 1.30 bits per heavy atom. The molecule has 0 spiro atoms. The lowest BCUT2D eigenvalue weighted by Crippen LogP contribution is -2.12. The SMILES string of the molecule is CCc1ccc(BO)cc1. The van der Waals surface area contributed by atoms with E-state index in [0.717, 1.165) is 11.9 Å². The Kier molecular flexibility index (Phi) is 2.52. The Morgan fingerprint density at radius 3 is 2.30 bits per heavy atom. The van der Waals surface area contributed by atoms with E-state index in [9.17, 15) is 0 Å². The summed E-state index contributed by atoms with van der Waals surface area (Å²) in [4.78, 5) is 0. The molecule has 0 aliphatic carbocycles. The van der Waals surface area contributed by atoms with Crippen molar-refractivity contribution in [3.63, 3.8) is 0 Å². The summed E-state index contributed by atoms with van der Waals surface area (Å²) in [5, 5.41) is 8.70. The number of hydrogen-bond acceptors (Lipinski definition) is 1. The van der Waals surface area contributed by atoms with E-state index >= 15 is 0 Å². The summed E-state index contributed by atoms with van der Waals surface area (Å²) < 4.78 is 0. The fraction of sp³-hybridized carbons (Fsp3) is 0.250. The Labute approximate surface area is 62.0 Å². The Hall–Kier alpha value is -0.755. The molecule has 0 aliphatic rings. The summed E-state index contributed by atoms with van der Waals surface area (Å²) in [5.41, 5.74) is 2.30. The van der Waals surface area contributed by atoms with Gasteiger partial charge >= 0.3 is 7.48 Å². The lowest BCUT2D eigenvalue weighted by molar-refractivity contribution is 0.615. The maximum Gasteiger partial charge on any atom is 0.304 e. The van der Waals surface area contributed by atoms with Gasteiger partial charge in [0.1, 0.15) is 0 Å². The van der Waals surface area contributed by atoms with E-state index in [0.29, 0.717) is 0 Å². The molecule has 0 heterocycles. The molecular formula is C8H11BO. The summed E-state index contributed by atoms with van der Waals surface area (Å²) in [6.07, 6.45) is 1.06. The van der Waals surface area contributed by atoms with E-state index in [2.05, 4.69) is 6.92 Å². The lowest BCUT2D eigenvalue weighted by Gasteiger charge is -1.96. The average Bonchev–Trinajstić information content (AvgIpc) is 2.05. The highest BCUT2D eigenvalue weighted by atomic mass is 16.2. The standard InChI is InChI=1S/C8H11BO/c1-2-7-3-5-8(9-10)6-4-7/h3-6,9-10H,2H2,1H3. The summed E-state index contributed by atoms with van der Waals surface area (Å²) in [5.74, 6) is 0. The highest BCUT2D eigenvalue weighted by Gasteiger charge is 1.91. The summed E-state index contributed by atoms with van der Waals surface area (Å²) in [6.45, 7) is 2.12. The van der Waals surface area contributed by atoms with E-state index in [-0.39, 0.29) is 7.48 Å². The van der Waals surface area contributed by atoms with Gasteiger partial charge in [-0.3, -0.25) is 0 Å². The van der Waals surface area contributed by atoms with Gasteiger partial charge in [-0.1, -0.05) is 36.7 Å². The molecule has 0 radical (unpaired) electrons. The van der Waals surface area contributed by atoms with Crippen LogP contribution >= 0.6 is 0 Å². The minimum Gasteiger partial charge on any atom is -0.449 e. The third-order valence-corrected chi connectivity index (χ3v) is 1.61. The van der Waals surface area contributed by atoms with Crippen molar-refractivity contribution in [1.82, 2.24) is 0 Å². The van der Waals surface area contributed by atoms with Gasteiger partial charge in [-0.25, -0.2) is 0 Å². The monoisotopic (exact) mass is 134 g/mol. The van der Waals surface area contributed by atoms with Gasteiger partial charge in [0.25, 0.3) is 0 Å². The number of benzene rings is 1. The Bertz CT molecular complexity index is 170. The van der Waals surface area contributed by atoms with Gasteiger partial charge in [-0.05, 0) is 12.0 Å². The normalized spacial score (nSPS) is 9.40. The molecule has 1 aromatic rings. The van der Waals surface area contributed by atoms with Crippen LogP contribution in [0.25, 0.3) is 0 Å². The van der Waals surface area contributed by atoms with Crippen LogP contribution in [0.3, 0.4) is 0 Å². The number of hydrogen-bond donors (Lipinski definition) is 1. The third-order valence-electron chi connectivity index (χ3n) is 1.61. The lowest BCUT2D eigenvalue weighted by atomic mass is 9.88. The van der Waals surface area contributed by atoms with E-state index in [1.165, 1.54) is 5.56 Å². The van der Waals surface area contributed by atoms with Gasteiger partial charge in [0.05, 0.1) is 0 Å². The first-order valence-corrected chi connectivity index (χ1v) is 3.55. The van der Waals surface area contributed by atoms with E-state index in [1.807, 2.05) is 24.3 Å². The van der Waals surface area contributed by atoms with Crippen molar-refractivity contribution in [1.29, 1.82) is 0 Å². The smallest absolute Gasteiger partial charge is 0.304 e. The first kappa shape index (κ1) is 7.35. The van der Waals surface area contributed by atoms with Crippen LogP contribution in [-0.4, -0.2) is 12.5 Å². The second-order valence-electron chi connectivity index (χ2n) is 2.33. The second-order valence-corrected chi connectivity index (χ2v) is 2.33. The minimum absolute atomic E-state index is 0.143. The second kappa shape index (κ2) is 3.42. The molecule has 1 N–H and O–H groups in total. The predicted molar refractivity (Wildman–Crippen MR) is 44.8 cm³/mol. The van der Waals surface area contributed by atoms with Gasteiger partial charge in [-0.2, -0.15) is 0 Å². The Balaban J connectivity index is 2.80. The fourth-order valence-electron chi connectivity index (χ4n) is 0.880. The van der Waals surface area contributed by atoms with Gasteiger partial charge in [0.2, 0.25) is 0 Å². The van der Waals surface area contributed by atoms with Crippen molar-refractivity contribution in [2.45, 2.75) is 13.3 Å². The van der Waals surface area contributed by atoms with Gasteiger partial charge in [0, 0.05) is 0 Å². The third kappa shape index (κ3) is 1.61. The van der Waals surface area contributed by atoms with Crippen LogP contribution in [0.1, 0.15) is 12.5 Å². The molecule has 10 heavy (non-hydrogen) atoms.